The van der Waals surface area contributed by atoms with Crippen molar-refractivity contribution in [2.75, 3.05) is 38.3 Å². The van der Waals surface area contributed by atoms with Gasteiger partial charge in [0.1, 0.15) is 5.75 Å². The van der Waals surface area contributed by atoms with Gasteiger partial charge in [-0.1, -0.05) is 18.2 Å². The second kappa shape index (κ2) is 8.39. The van der Waals surface area contributed by atoms with Crippen molar-refractivity contribution in [1.29, 1.82) is 0 Å². The fraction of sp³-hybridized carbons (Fsp3) is 0.250. The van der Waals surface area contributed by atoms with Gasteiger partial charge in [-0.05, 0) is 41.8 Å². The largest absolute Gasteiger partial charge is 0.496 e. The van der Waals surface area contributed by atoms with E-state index < -0.39 is 0 Å². The molecule has 1 saturated heterocycles. The lowest BCUT2D eigenvalue weighted by molar-refractivity contribution is 0.122. The van der Waals surface area contributed by atoms with Crippen molar-refractivity contribution in [3.8, 4) is 22.8 Å². The van der Waals surface area contributed by atoms with Gasteiger partial charge < -0.3 is 14.4 Å². The van der Waals surface area contributed by atoms with Gasteiger partial charge in [-0.2, -0.15) is 9.78 Å². The summed E-state index contributed by atoms with van der Waals surface area (Å²) < 4.78 is 12.1. The molecule has 5 rings (SSSR count). The van der Waals surface area contributed by atoms with E-state index in [2.05, 4.69) is 20.0 Å². The van der Waals surface area contributed by atoms with Crippen LogP contribution in [0.2, 0.25) is 0 Å². The minimum absolute atomic E-state index is 0.252. The minimum Gasteiger partial charge on any atom is -0.496 e. The minimum atomic E-state index is -0.254. The molecule has 0 radical (unpaired) electrons. The van der Waals surface area contributed by atoms with Crippen LogP contribution in [0, 0.1) is 6.92 Å². The first-order valence-electron chi connectivity index (χ1n) is 10.5. The second-order valence-corrected chi connectivity index (χ2v) is 7.64. The molecule has 2 aromatic heterocycles. The predicted octanol–water partition coefficient (Wildman–Crippen LogP) is 3.00. The van der Waals surface area contributed by atoms with Gasteiger partial charge in [0, 0.05) is 18.5 Å². The summed E-state index contributed by atoms with van der Waals surface area (Å²) in [6.45, 7) is 4.99. The van der Waals surface area contributed by atoms with Crippen molar-refractivity contribution in [2.24, 2.45) is 0 Å². The van der Waals surface area contributed by atoms with Crippen molar-refractivity contribution in [1.82, 2.24) is 19.7 Å². The van der Waals surface area contributed by atoms with Gasteiger partial charge in [-0.25, -0.2) is 9.97 Å². The van der Waals surface area contributed by atoms with Crippen LogP contribution in [0.5, 0.6) is 5.75 Å². The Balaban J connectivity index is 1.49. The number of fused-ring (bicyclic) bond motifs is 1. The number of methoxy groups -OCH3 is 1. The fourth-order valence-corrected chi connectivity index (χ4v) is 4.02. The maximum atomic E-state index is 13.1. The Kier molecular flexibility index (Phi) is 5.28. The summed E-state index contributed by atoms with van der Waals surface area (Å²) in [6, 6.07) is 11.7. The molecule has 3 heterocycles. The van der Waals surface area contributed by atoms with Crippen molar-refractivity contribution in [2.45, 2.75) is 6.92 Å². The lowest BCUT2D eigenvalue weighted by atomic mass is 9.98. The van der Waals surface area contributed by atoms with E-state index in [1.807, 2.05) is 43.3 Å². The quantitative estimate of drug-likeness (QED) is 0.493. The Morgan fingerprint density at radius 3 is 2.56 bits per heavy atom. The van der Waals surface area contributed by atoms with E-state index in [-0.39, 0.29) is 11.5 Å². The maximum absolute atomic E-state index is 13.1. The summed E-state index contributed by atoms with van der Waals surface area (Å²) in [5.41, 5.74) is 3.75. The summed E-state index contributed by atoms with van der Waals surface area (Å²) in [5.74, 6) is 1.08. The Morgan fingerprint density at radius 1 is 1.03 bits per heavy atom. The molecule has 0 atom stereocenters. The molecule has 0 amide bonds. The lowest BCUT2D eigenvalue weighted by Crippen LogP contribution is -2.36. The highest BCUT2D eigenvalue weighted by atomic mass is 16.5. The van der Waals surface area contributed by atoms with Gasteiger partial charge in [-0.3, -0.25) is 4.79 Å². The molecule has 0 unspecified atom stereocenters. The Bertz CT molecular complexity index is 1330. The molecule has 0 bridgehead atoms. The molecule has 2 aromatic carbocycles. The van der Waals surface area contributed by atoms with E-state index in [1.165, 1.54) is 4.68 Å². The summed E-state index contributed by atoms with van der Waals surface area (Å²) >= 11 is 0. The normalized spacial score (nSPS) is 14.0. The van der Waals surface area contributed by atoms with Crippen LogP contribution >= 0.6 is 0 Å². The molecule has 0 saturated carbocycles. The van der Waals surface area contributed by atoms with Crippen molar-refractivity contribution in [3.05, 3.63) is 70.9 Å². The van der Waals surface area contributed by atoms with Gasteiger partial charge in [-0.15, -0.1) is 0 Å². The van der Waals surface area contributed by atoms with Gasteiger partial charge >= 0.3 is 0 Å². The number of hydrogen-bond acceptors (Lipinski definition) is 7. The fourth-order valence-electron chi connectivity index (χ4n) is 4.02. The van der Waals surface area contributed by atoms with Gasteiger partial charge in [0.25, 0.3) is 11.5 Å². The van der Waals surface area contributed by atoms with Crippen LogP contribution in [0.25, 0.3) is 27.8 Å². The summed E-state index contributed by atoms with van der Waals surface area (Å²) in [5, 5.41) is 5.65. The molecule has 1 fully saturated rings. The maximum Gasteiger partial charge on any atom is 0.282 e. The first-order valence-corrected chi connectivity index (χ1v) is 10.5. The van der Waals surface area contributed by atoms with Crippen LogP contribution in [0.4, 0.5) is 5.69 Å². The number of anilines is 1. The standard InChI is InChI=1S/C24H23N5O3/c1-16-20(4-3-5-22(16)31-2)17-6-7-21-18(12-17)13-27-29(23(21)30)24-25-14-19(15-26-24)28-8-10-32-11-9-28/h3-7,12-15H,8-11H2,1-2H3. The van der Waals surface area contributed by atoms with Crippen LogP contribution in [-0.4, -0.2) is 53.2 Å². The Labute approximate surface area is 185 Å². The van der Waals surface area contributed by atoms with E-state index in [1.54, 1.807) is 25.7 Å². The topological polar surface area (TPSA) is 82.4 Å². The van der Waals surface area contributed by atoms with E-state index in [0.29, 0.717) is 18.6 Å². The number of rotatable bonds is 4. The molecule has 8 nitrogen and oxygen atoms in total. The average molecular weight is 429 g/mol. The summed E-state index contributed by atoms with van der Waals surface area (Å²) in [7, 11) is 1.66. The zero-order valence-corrected chi connectivity index (χ0v) is 18.0. The highest BCUT2D eigenvalue weighted by molar-refractivity contribution is 5.87. The highest BCUT2D eigenvalue weighted by Gasteiger charge is 2.14. The second-order valence-electron chi connectivity index (χ2n) is 7.64. The monoisotopic (exact) mass is 429 g/mol. The molecule has 4 aromatic rings. The highest BCUT2D eigenvalue weighted by Crippen LogP contribution is 2.31. The Morgan fingerprint density at radius 2 is 1.81 bits per heavy atom. The van der Waals surface area contributed by atoms with Crippen LogP contribution in [-0.2, 0) is 4.74 Å². The molecule has 8 heteroatoms. The summed E-state index contributed by atoms with van der Waals surface area (Å²) in [6.07, 6.45) is 5.12. The third-order valence-electron chi connectivity index (χ3n) is 5.79. The number of benzene rings is 2. The zero-order chi connectivity index (χ0) is 22.1. The van der Waals surface area contributed by atoms with Gasteiger partial charge in [0.05, 0.1) is 50.0 Å². The van der Waals surface area contributed by atoms with E-state index >= 15 is 0 Å². The number of aromatic nitrogens is 4. The first kappa shape index (κ1) is 20.1. The van der Waals surface area contributed by atoms with Crippen LogP contribution in [0.15, 0.2) is 59.8 Å². The SMILES string of the molecule is COc1cccc(-c2ccc3c(=O)n(-c4ncc(N5CCOCC5)cn4)ncc3c2)c1C. The molecule has 32 heavy (non-hydrogen) atoms. The molecular formula is C24H23N5O3. The molecule has 0 N–H and O–H groups in total. The zero-order valence-electron chi connectivity index (χ0n) is 18.0. The molecule has 0 spiro atoms. The average Bonchev–Trinajstić information content (AvgIpc) is 2.85. The summed E-state index contributed by atoms with van der Waals surface area (Å²) in [4.78, 5) is 24.0. The van der Waals surface area contributed by atoms with Crippen LogP contribution in [0.1, 0.15) is 5.56 Å². The van der Waals surface area contributed by atoms with Crippen LogP contribution in [0.3, 0.4) is 0 Å². The Hall–Kier alpha value is -3.78. The molecule has 1 aliphatic heterocycles. The van der Waals surface area contributed by atoms with E-state index in [4.69, 9.17) is 9.47 Å². The molecule has 0 aliphatic carbocycles. The first-order chi connectivity index (χ1) is 15.7. The number of hydrogen-bond donors (Lipinski definition) is 0. The van der Waals surface area contributed by atoms with E-state index in [0.717, 1.165) is 46.6 Å². The third kappa shape index (κ3) is 3.58. The van der Waals surface area contributed by atoms with E-state index in [9.17, 15) is 4.79 Å². The number of ether oxygens (including phenoxy) is 2. The van der Waals surface area contributed by atoms with Crippen molar-refractivity contribution in [3.63, 3.8) is 0 Å². The van der Waals surface area contributed by atoms with Crippen molar-refractivity contribution >= 4 is 16.5 Å². The number of morpholine rings is 1. The third-order valence-corrected chi connectivity index (χ3v) is 5.79. The van der Waals surface area contributed by atoms with Gasteiger partial charge in [0.2, 0.25) is 0 Å². The molecule has 1 aliphatic rings. The lowest BCUT2D eigenvalue weighted by Gasteiger charge is -2.28. The number of nitrogens with zero attached hydrogens (tertiary/aromatic N) is 5. The predicted molar refractivity (Wildman–Crippen MR) is 123 cm³/mol. The molecular weight excluding hydrogens is 406 g/mol. The van der Waals surface area contributed by atoms with Gasteiger partial charge in [0.15, 0.2) is 0 Å². The molecule has 162 valence electrons. The van der Waals surface area contributed by atoms with Crippen molar-refractivity contribution < 1.29 is 9.47 Å². The smallest absolute Gasteiger partial charge is 0.282 e. The van der Waals surface area contributed by atoms with Crippen LogP contribution < -0.4 is 15.2 Å².